The van der Waals surface area contributed by atoms with Gasteiger partial charge in [0.25, 0.3) is 0 Å². The van der Waals surface area contributed by atoms with Crippen molar-refractivity contribution in [3.63, 3.8) is 0 Å². The molecule has 0 atom stereocenters. The van der Waals surface area contributed by atoms with Crippen molar-refractivity contribution >= 4 is 23.0 Å². The van der Waals surface area contributed by atoms with Gasteiger partial charge in [0.15, 0.2) is 0 Å². The summed E-state index contributed by atoms with van der Waals surface area (Å²) in [4.78, 5) is 11.9. The highest BCUT2D eigenvalue weighted by Gasteiger charge is 2.10. The fourth-order valence-electron chi connectivity index (χ4n) is 1.60. The maximum Gasteiger partial charge on any atom is 0.338 e. The third-order valence-electron chi connectivity index (χ3n) is 2.43. The molecule has 100 valence electrons. The van der Waals surface area contributed by atoms with Gasteiger partial charge in [0.1, 0.15) is 12.4 Å². The lowest BCUT2D eigenvalue weighted by Crippen LogP contribution is -2.06. The molecule has 0 aliphatic carbocycles. The van der Waals surface area contributed by atoms with Crippen LogP contribution in [-0.2, 0) is 11.3 Å². The lowest BCUT2D eigenvalue weighted by molar-refractivity contribution is 0.0472. The van der Waals surface area contributed by atoms with E-state index >= 15 is 0 Å². The second-order valence-electron chi connectivity index (χ2n) is 3.93. The summed E-state index contributed by atoms with van der Waals surface area (Å²) in [6, 6.07) is 6.82. The minimum atomic E-state index is -0.403. The van der Waals surface area contributed by atoms with Crippen molar-refractivity contribution in [2.24, 2.45) is 0 Å². The average molecular weight is 277 g/mol. The van der Waals surface area contributed by atoms with E-state index in [2.05, 4.69) is 0 Å². The van der Waals surface area contributed by atoms with E-state index in [1.165, 1.54) is 0 Å². The number of hydrogen-bond donors (Lipinski definition) is 1. The smallest absolute Gasteiger partial charge is 0.338 e. The summed E-state index contributed by atoms with van der Waals surface area (Å²) < 4.78 is 10.6. The molecule has 2 aromatic rings. The SMILES string of the molecule is CCOc1cc(N)cc(C(=O)OCc2ccsc2)c1. The monoisotopic (exact) mass is 277 g/mol. The molecule has 1 aromatic heterocycles. The van der Waals surface area contributed by atoms with Crippen LogP contribution >= 0.6 is 11.3 Å². The summed E-state index contributed by atoms with van der Waals surface area (Å²) in [5.74, 6) is 0.171. The second kappa shape index (κ2) is 6.24. The van der Waals surface area contributed by atoms with Crippen molar-refractivity contribution in [3.05, 3.63) is 46.2 Å². The van der Waals surface area contributed by atoms with Gasteiger partial charge in [0, 0.05) is 17.3 Å². The lowest BCUT2D eigenvalue weighted by Gasteiger charge is -2.08. The van der Waals surface area contributed by atoms with Crippen LogP contribution in [0.5, 0.6) is 5.75 Å². The lowest BCUT2D eigenvalue weighted by atomic mass is 10.2. The molecule has 5 heteroatoms. The minimum Gasteiger partial charge on any atom is -0.494 e. The summed E-state index contributed by atoms with van der Waals surface area (Å²) in [6.45, 7) is 2.66. The number of thiophene rings is 1. The number of ether oxygens (including phenoxy) is 2. The van der Waals surface area contributed by atoms with Gasteiger partial charge < -0.3 is 15.2 Å². The quantitative estimate of drug-likeness (QED) is 0.674. The number of carbonyl (C=O) groups is 1. The van der Waals surface area contributed by atoms with Crippen LogP contribution in [0.4, 0.5) is 5.69 Å². The molecule has 0 saturated carbocycles. The molecule has 0 bridgehead atoms. The topological polar surface area (TPSA) is 61.5 Å². The van der Waals surface area contributed by atoms with Crippen LogP contribution in [0, 0.1) is 0 Å². The van der Waals surface area contributed by atoms with E-state index in [4.69, 9.17) is 15.2 Å². The second-order valence-corrected chi connectivity index (χ2v) is 4.71. The van der Waals surface area contributed by atoms with Gasteiger partial charge in [-0.2, -0.15) is 11.3 Å². The van der Waals surface area contributed by atoms with Crippen LogP contribution < -0.4 is 10.5 Å². The van der Waals surface area contributed by atoms with Gasteiger partial charge in [0.2, 0.25) is 0 Å². The fraction of sp³-hybridized carbons (Fsp3) is 0.214. The van der Waals surface area contributed by atoms with Crippen LogP contribution in [-0.4, -0.2) is 12.6 Å². The highest BCUT2D eigenvalue weighted by atomic mass is 32.1. The van der Waals surface area contributed by atoms with Crippen LogP contribution in [0.3, 0.4) is 0 Å². The first-order chi connectivity index (χ1) is 9.19. The van der Waals surface area contributed by atoms with E-state index in [9.17, 15) is 4.79 Å². The summed E-state index contributed by atoms with van der Waals surface area (Å²) in [5, 5.41) is 3.88. The van der Waals surface area contributed by atoms with Crippen molar-refractivity contribution < 1.29 is 14.3 Å². The molecule has 4 nitrogen and oxygen atoms in total. The Morgan fingerprint density at radius 3 is 2.89 bits per heavy atom. The molecule has 1 aromatic carbocycles. The number of nitrogens with two attached hydrogens (primary N) is 1. The van der Waals surface area contributed by atoms with Gasteiger partial charge in [0.05, 0.1) is 12.2 Å². The normalized spacial score (nSPS) is 10.2. The minimum absolute atomic E-state index is 0.265. The first kappa shape index (κ1) is 13.4. The predicted octanol–water partition coefficient (Wildman–Crippen LogP) is 3.09. The van der Waals surface area contributed by atoms with E-state index in [1.54, 1.807) is 29.5 Å². The number of benzene rings is 1. The molecule has 0 amide bonds. The third kappa shape index (κ3) is 3.72. The molecule has 0 spiro atoms. The Morgan fingerprint density at radius 2 is 2.21 bits per heavy atom. The van der Waals surface area contributed by atoms with Crippen molar-refractivity contribution in [1.82, 2.24) is 0 Å². The third-order valence-corrected chi connectivity index (χ3v) is 3.16. The van der Waals surface area contributed by atoms with Gasteiger partial charge in [-0.15, -0.1) is 0 Å². The highest BCUT2D eigenvalue weighted by Crippen LogP contribution is 2.20. The largest absolute Gasteiger partial charge is 0.494 e. The van der Waals surface area contributed by atoms with Gasteiger partial charge in [-0.05, 0) is 35.9 Å². The molecule has 2 rings (SSSR count). The molecule has 0 unspecified atom stereocenters. The predicted molar refractivity (Wildman–Crippen MR) is 75.5 cm³/mol. The van der Waals surface area contributed by atoms with Crippen LogP contribution in [0.25, 0.3) is 0 Å². The molecule has 0 saturated heterocycles. The van der Waals surface area contributed by atoms with E-state index in [1.807, 2.05) is 23.8 Å². The summed E-state index contributed by atoms with van der Waals surface area (Å²) >= 11 is 1.57. The van der Waals surface area contributed by atoms with Crippen molar-refractivity contribution in [3.8, 4) is 5.75 Å². The Bertz CT molecular complexity index is 552. The van der Waals surface area contributed by atoms with Crippen molar-refractivity contribution in [2.45, 2.75) is 13.5 Å². The standard InChI is InChI=1S/C14H15NO3S/c1-2-17-13-6-11(5-12(15)7-13)14(16)18-8-10-3-4-19-9-10/h3-7,9H,2,8,15H2,1H3. The fourth-order valence-corrected chi connectivity index (χ4v) is 2.25. The number of rotatable bonds is 5. The van der Waals surface area contributed by atoms with Gasteiger partial charge in [-0.3, -0.25) is 0 Å². The number of hydrogen-bond acceptors (Lipinski definition) is 5. The zero-order chi connectivity index (χ0) is 13.7. The van der Waals surface area contributed by atoms with Gasteiger partial charge >= 0.3 is 5.97 Å². The molecule has 0 aliphatic heterocycles. The molecule has 0 aliphatic rings. The van der Waals surface area contributed by atoms with Crippen LogP contribution in [0.2, 0.25) is 0 Å². The molecular weight excluding hydrogens is 262 g/mol. The zero-order valence-corrected chi connectivity index (χ0v) is 11.4. The van der Waals surface area contributed by atoms with Gasteiger partial charge in [-0.1, -0.05) is 0 Å². The Labute approximate surface area is 115 Å². The highest BCUT2D eigenvalue weighted by molar-refractivity contribution is 7.07. The van der Waals surface area contributed by atoms with Crippen LogP contribution in [0.15, 0.2) is 35.0 Å². The number of anilines is 1. The number of carbonyl (C=O) groups excluding carboxylic acids is 1. The van der Waals surface area contributed by atoms with E-state index in [0.29, 0.717) is 23.6 Å². The molecule has 1 heterocycles. The van der Waals surface area contributed by atoms with Crippen LogP contribution in [0.1, 0.15) is 22.8 Å². The zero-order valence-electron chi connectivity index (χ0n) is 10.6. The molecule has 0 radical (unpaired) electrons. The Balaban J connectivity index is 2.05. The van der Waals surface area contributed by atoms with E-state index < -0.39 is 5.97 Å². The van der Waals surface area contributed by atoms with E-state index in [-0.39, 0.29) is 6.61 Å². The molecule has 2 N–H and O–H groups in total. The molecular formula is C14H15NO3S. The Hall–Kier alpha value is -2.01. The summed E-state index contributed by atoms with van der Waals surface area (Å²) in [5.41, 5.74) is 7.59. The summed E-state index contributed by atoms with van der Waals surface area (Å²) in [7, 11) is 0. The average Bonchev–Trinajstić information content (AvgIpc) is 2.88. The Kier molecular flexibility index (Phi) is 4.41. The first-order valence-electron chi connectivity index (χ1n) is 5.90. The van der Waals surface area contributed by atoms with Gasteiger partial charge in [-0.25, -0.2) is 4.79 Å². The first-order valence-corrected chi connectivity index (χ1v) is 6.85. The number of nitrogen functional groups attached to an aromatic ring is 1. The van der Waals surface area contributed by atoms with Crippen molar-refractivity contribution in [1.29, 1.82) is 0 Å². The maximum atomic E-state index is 11.9. The Morgan fingerprint density at radius 1 is 1.37 bits per heavy atom. The summed E-state index contributed by atoms with van der Waals surface area (Å²) in [6.07, 6.45) is 0. The molecule has 0 fully saturated rings. The maximum absolute atomic E-state index is 11.9. The van der Waals surface area contributed by atoms with Crippen molar-refractivity contribution in [2.75, 3.05) is 12.3 Å². The molecule has 19 heavy (non-hydrogen) atoms. The number of esters is 1. The van der Waals surface area contributed by atoms with E-state index in [0.717, 1.165) is 5.56 Å².